The highest BCUT2D eigenvalue weighted by Crippen LogP contribution is 2.24. The number of carbonyl (C=O) groups excluding carboxylic acids is 1. The predicted octanol–water partition coefficient (Wildman–Crippen LogP) is 1.25. The molecule has 21 heavy (non-hydrogen) atoms. The monoisotopic (exact) mass is 290 g/mol. The molecule has 0 bridgehead atoms. The summed E-state index contributed by atoms with van der Waals surface area (Å²) in [5.74, 6) is 1.24. The largest absolute Gasteiger partial charge is 0.497 e. The molecule has 1 amide bonds. The maximum Gasteiger partial charge on any atom is 0.257 e. The SMILES string of the molecule is COc1ccc(CNC(=O)c2c(N)n[nH]c2C)c(OC)c1. The van der Waals surface area contributed by atoms with Gasteiger partial charge in [-0.1, -0.05) is 0 Å². The van der Waals surface area contributed by atoms with Crippen LogP contribution < -0.4 is 20.5 Å². The topological polar surface area (TPSA) is 102 Å². The molecule has 1 aromatic heterocycles. The van der Waals surface area contributed by atoms with E-state index in [4.69, 9.17) is 15.2 Å². The Balaban J connectivity index is 2.11. The molecule has 1 aromatic carbocycles. The second-order valence-corrected chi connectivity index (χ2v) is 4.47. The van der Waals surface area contributed by atoms with Crippen molar-refractivity contribution >= 4 is 11.7 Å². The third-order valence-corrected chi connectivity index (χ3v) is 3.14. The third kappa shape index (κ3) is 3.07. The van der Waals surface area contributed by atoms with E-state index in [-0.39, 0.29) is 11.7 Å². The highest BCUT2D eigenvalue weighted by atomic mass is 16.5. The van der Waals surface area contributed by atoms with Gasteiger partial charge in [0.05, 0.1) is 14.2 Å². The Hall–Kier alpha value is -2.70. The zero-order valence-electron chi connectivity index (χ0n) is 12.2. The van der Waals surface area contributed by atoms with Crippen molar-refractivity contribution in [2.45, 2.75) is 13.5 Å². The highest BCUT2D eigenvalue weighted by Gasteiger charge is 2.16. The predicted molar refractivity (Wildman–Crippen MR) is 78.5 cm³/mol. The van der Waals surface area contributed by atoms with Crippen LogP contribution in [0.25, 0.3) is 0 Å². The molecule has 112 valence electrons. The number of aromatic amines is 1. The molecule has 0 saturated carbocycles. The van der Waals surface area contributed by atoms with E-state index in [9.17, 15) is 4.79 Å². The molecule has 0 aliphatic heterocycles. The van der Waals surface area contributed by atoms with Gasteiger partial charge in [0.2, 0.25) is 0 Å². The van der Waals surface area contributed by atoms with Gasteiger partial charge in [-0.05, 0) is 19.1 Å². The first-order chi connectivity index (χ1) is 10.1. The lowest BCUT2D eigenvalue weighted by Gasteiger charge is -2.11. The molecule has 0 radical (unpaired) electrons. The summed E-state index contributed by atoms with van der Waals surface area (Å²) in [6, 6.07) is 5.41. The average molecular weight is 290 g/mol. The number of benzene rings is 1. The van der Waals surface area contributed by atoms with E-state index < -0.39 is 0 Å². The molecule has 0 aliphatic rings. The highest BCUT2D eigenvalue weighted by molar-refractivity contribution is 5.99. The third-order valence-electron chi connectivity index (χ3n) is 3.14. The molecule has 0 saturated heterocycles. The number of aryl methyl sites for hydroxylation is 1. The van der Waals surface area contributed by atoms with Crippen LogP contribution in [0.15, 0.2) is 18.2 Å². The molecule has 1 heterocycles. The zero-order valence-corrected chi connectivity index (χ0v) is 12.2. The van der Waals surface area contributed by atoms with Gasteiger partial charge in [0, 0.05) is 23.9 Å². The van der Waals surface area contributed by atoms with Gasteiger partial charge in [-0.3, -0.25) is 9.89 Å². The standard InChI is InChI=1S/C14H18N4O3/c1-8-12(13(15)18-17-8)14(19)16-7-9-4-5-10(20-2)6-11(9)21-3/h4-6H,7H2,1-3H3,(H,16,19)(H3,15,17,18). The lowest BCUT2D eigenvalue weighted by molar-refractivity contribution is 0.0951. The Bertz CT molecular complexity index is 632. The summed E-state index contributed by atoms with van der Waals surface area (Å²) >= 11 is 0. The van der Waals surface area contributed by atoms with Crippen molar-refractivity contribution in [2.24, 2.45) is 0 Å². The minimum atomic E-state index is -0.281. The number of rotatable bonds is 5. The van der Waals surface area contributed by atoms with E-state index in [0.717, 1.165) is 5.56 Å². The molecule has 0 aliphatic carbocycles. The number of nitrogen functional groups attached to an aromatic ring is 1. The van der Waals surface area contributed by atoms with Gasteiger partial charge in [-0.25, -0.2) is 0 Å². The fourth-order valence-electron chi connectivity index (χ4n) is 2.00. The molecular weight excluding hydrogens is 272 g/mol. The number of carbonyl (C=O) groups is 1. The van der Waals surface area contributed by atoms with Crippen LogP contribution >= 0.6 is 0 Å². The van der Waals surface area contributed by atoms with Crippen LogP contribution in [0.3, 0.4) is 0 Å². The molecule has 0 atom stereocenters. The second-order valence-electron chi connectivity index (χ2n) is 4.47. The van der Waals surface area contributed by atoms with Crippen LogP contribution in [-0.2, 0) is 6.54 Å². The molecule has 2 rings (SSSR count). The molecule has 0 spiro atoms. The number of hydrogen-bond acceptors (Lipinski definition) is 5. The molecule has 0 fully saturated rings. The molecule has 4 N–H and O–H groups in total. The van der Waals surface area contributed by atoms with Crippen LogP contribution in [0, 0.1) is 6.92 Å². The molecule has 0 unspecified atom stereocenters. The smallest absolute Gasteiger partial charge is 0.257 e. The zero-order chi connectivity index (χ0) is 15.4. The number of H-pyrrole nitrogens is 1. The Labute approximate surface area is 122 Å². The maximum atomic E-state index is 12.1. The van der Waals surface area contributed by atoms with Crippen molar-refractivity contribution in [2.75, 3.05) is 20.0 Å². The fraction of sp³-hybridized carbons (Fsp3) is 0.286. The van der Waals surface area contributed by atoms with Gasteiger partial charge >= 0.3 is 0 Å². The first-order valence-electron chi connectivity index (χ1n) is 6.36. The minimum Gasteiger partial charge on any atom is -0.497 e. The van der Waals surface area contributed by atoms with Crippen molar-refractivity contribution in [1.29, 1.82) is 0 Å². The first-order valence-corrected chi connectivity index (χ1v) is 6.36. The van der Waals surface area contributed by atoms with Crippen molar-refractivity contribution in [3.63, 3.8) is 0 Å². The van der Waals surface area contributed by atoms with Crippen LogP contribution in [0.2, 0.25) is 0 Å². The van der Waals surface area contributed by atoms with Crippen molar-refractivity contribution < 1.29 is 14.3 Å². The van der Waals surface area contributed by atoms with Gasteiger partial charge in [0.15, 0.2) is 5.82 Å². The van der Waals surface area contributed by atoms with E-state index in [1.165, 1.54) is 0 Å². The number of nitrogens with one attached hydrogen (secondary N) is 2. The maximum absolute atomic E-state index is 12.1. The van der Waals surface area contributed by atoms with E-state index in [1.807, 2.05) is 12.1 Å². The van der Waals surface area contributed by atoms with Crippen LogP contribution in [0.4, 0.5) is 5.82 Å². The lowest BCUT2D eigenvalue weighted by atomic mass is 10.1. The number of hydrogen-bond donors (Lipinski definition) is 3. The number of anilines is 1. The Morgan fingerprint density at radius 3 is 2.71 bits per heavy atom. The van der Waals surface area contributed by atoms with E-state index in [1.54, 1.807) is 27.2 Å². The lowest BCUT2D eigenvalue weighted by Crippen LogP contribution is -2.24. The van der Waals surface area contributed by atoms with E-state index in [0.29, 0.717) is 29.3 Å². The Morgan fingerprint density at radius 1 is 1.38 bits per heavy atom. The van der Waals surface area contributed by atoms with Crippen LogP contribution in [0.1, 0.15) is 21.6 Å². The van der Waals surface area contributed by atoms with Gasteiger partial charge < -0.3 is 20.5 Å². The number of ether oxygens (including phenoxy) is 2. The molecule has 7 heteroatoms. The fourth-order valence-corrected chi connectivity index (χ4v) is 2.00. The number of aromatic nitrogens is 2. The first kappa shape index (κ1) is 14.7. The van der Waals surface area contributed by atoms with Crippen molar-refractivity contribution in [1.82, 2.24) is 15.5 Å². The summed E-state index contributed by atoms with van der Waals surface area (Å²) < 4.78 is 10.4. The molecular formula is C14H18N4O3. The van der Waals surface area contributed by atoms with Gasteiger partial charge in [0.25, 0.3) is 5.91 Å². The van der Waals surface area contributed by atoms with E-state index >= 15 is 0 Å². The second kappa shape index (κ2) is 6.17. The van der Waals surface area contributed by atoms with Crippen LogP contribution in [-0.4, -0.2) is 30.3 Å². The summed E-state index contributed by atoms with van der Waals surface area (Å²) in [5.41, 5.74) is 7.49. The van der Waals surface area contributed by atoms with Crippen molar-refractivity contribution in [3.05, 3.63) is 35.0 Å². The van der Waals surface area contributed by atoms with Gasteiger partial charge in [0.1, 0.15) is 17.1 Å². The Morgan fingerprint density at radius 2 is 2.14 bits per heavy atom. The van der Waals surface area contributed by atoms with E-state index in [2.05, 4.69) is 15.5 Å². The summed E-state index contributed by atoms with van der Waals surface area (Å²) in [5, 5.41) is 9.27. The number of nitrogens with two attached hydrogens (primary N) is 1. The normalized spacial score (nSPS) is 10.2. The van der Waals surface area contributed by atoms with Gasteiger partial charge in [-0.15, -0.1) is 0 Å². The van der Waals surface area contributed by atoms with Gasteiger partial charge in [-0.2, -0.15) is 5.10 Å². The van der Waals surface area contributed by atoms with Crippen LogP contribution in [0.5, 0.6) is 11.5 Å². The summed E-state index contributed by atoms with van der Waals surface area (Å²) in [6.07, 6.45) is 0. The van der Waals surface area contributed by atoms with Crippen molar-refractivity contribution in [3.8, 4) is 11.5 Å². The summed E-state index contributed by atoms with van der Waals surface area (Å²) in [7, 11) is 3.15. The minimum absolute atomic E-state index is 0.187. The number of amides is 1. The quantitative estimate of drug-likeness (QED) is 0.769. The Kier molecular flexibility index (Phi) is 4.32. The summed E-state index contributed by atoms with van der Waals surface area (Å²) in [6.45, 7) is 2.06. The average Bonchev–Trinajstić information content (AvgIpc) is 2.83. The number of methoxy groups -OCH3 is 2. The number of nitrogens with zero attached hydrogens (tertiary/aromatic N) is 1. The molecule has 7 nitrogen and oxygen atoms in total. The molecule has 2 aromatic rings. The summed E-state index contributed by atoms with van der Waals surface area (Å²) in [4.78, 5) is 12.1.